The molecule has 2 unspecified atom stereocenters. The molecule has 4 heterocycles. The zero-order valence-electron chi connectivity index (χ0n) is 34.7. The monoisotopic (exact) mass is 805 g/mol. The normalized spacial score (nSPS) is 34.4. The molecule has 6 fully saturated rings. The first-order valence-electron chi connectivity index (χ1n) is 21.0. The van der Waals surface area contributed by atoms with Crippen molar-refractivity contribution in [3.63, 3.8) is 0 Å². The van der Waals surface area contributed by atoms with Gasteiger partial charge in [0.1, 0.15) is 23.2 Å². The van der Waals surface area contributed by atoms with Crippen molar-refractivity contribution in [3.8, 4) is 0 Å². The number of rotatable bonds is 11. The van der Waals surface area contributed by atoms with Gasteiger partial charge in [-0.25, -0.2) is 9.98 Å². The number of aliphatic imine (C=N–C) groups is 2. The largest absolute Gasteiger partial charge is 0.480 e. The second-order valence-electron chi connectivity index (χ2n) is 18.9. The van der Waals surface area contributed by atoms with Crippen LogP contribution >= 0.6 is 11.3 Å². The maximum Gasteiger partial charge on any atom is 0.299 e. The molecule has 12 nitrogen and oxygen atoms in total. The molecule has 58 heavy (non-hydrogen) atoms. The van der Waals surface area contributed by atoms with Crippen molar-refractivity contribution in [2.45, 2.75) is 98.0 Å². The van der Waals surface area contributed by atoms with Gasteiger partial charge in [0, 0.05) is 53.7 Å². The molecule has 8 N–H and O–H groups in total. The Hall–Kier alpha value is -4.46. The van der Waals surface area contributed by atoms with Crippen LogP contribution in [0.1, 0.15) is 91.0 Å². The fraction of sp³-hybridized carbons (Fsp3) is 0.556. The van der Waals surface area contributed by atoms with Crippen LogP contribution in [0.2, 0.25) is 0 Å². The van der Waals surface area contributed by atoms with Crippen LogP contribution in [0.25, 0.3) is 10.2 Å². The molecule has 1 aromatic carbocycles. The lowest BCUT2D eigenvalue weighted by Crippen LogP contribution is -2.82. The topological polar surface area (TPSA) is 182 Å². The molecule has 3 aliphatic heterocycles. The number of ether oxygens (including phenoxy) is 1. The average Bonchev–Trinajstić information content (AvgIpc) is 3.94. The van der Waals surface area contributed by atoms with Crippen molar-refractivity contribution in [1.29, 1.82) is 5.41 Å². The highest BCUT2D eigenvalue weighted by Crippen LogP contribution is 2.95. The van der Waals surface area contributed by atoms with Gasteiger partial charge in [0.2, 0.25) is 5.13 Å². The molecule has 13 heteroatoms. The van der Waals surface area contributed by atoms with Crippen molar-refractivity contribution in [1.82, 2.24) is 20.1 Å². The van der Waals surface area contributed by atoms with Gasteiger partial charge in [0.25, 0.3) is 5.95 Å². The van der Waals surface area contributed by atoms with Gasteiger partial charge in [-0.3, -0.25) is 10.4 Å². The van der Waals surface area contributed by atoms with E-state index in [1.54, 1.807) is 0 Å². The number of nitrogens with zero attached hydrogens (tertiary/aromatic N) is 5. The number of piperidine rings is 1. The Bertz CT molecular complexity index is 2280. The van der Waals surface area contributed by atoms with E-state index in [9.17, 15) is 15.6 Å². The van der Waals surface area contributed by atoms with Crippen molar-refractivity contribution in [3.05, 3.63) is 81.9 Å². The predicted octanol–water partition coefficient (Wildman–Crippen LogP) is 7.78. The summed E-state index contributed by atoms with van der Waals surface area (Å²) in [6, 6.07) is 6.13. The summed E-state index contributed by atoms with van der Waals surface area (Å²) >= 11 is 1.48. The second-order valence-corrected chi connectivity index (χ2v) is 19.9. The predicted molar refractivity (Wildman–Crippen MR) is 232 cm³/mol. The minimum absolute atomic E-state index is 0.0210. The van der Waals surface area contributed by atoms with Crippen LogP contribution in [0.5, 0.6) is 0 Å². The van der Waals surface area contributed by atoms with Gasteiger partial charge in [0.15, 0.2) is 0 Å². The number of allylic oxidation sites excluding steroid dienone is 3. The summed E-state index contributed by atoms with van der Waals surface area (Å²) in [6.07, 6.45) is 15.0. The van der Waals surface area contributed by atoms with Crippen LogP contribution in [-0.4, -0.2) is 87.3 Å². The van der Waals surface area contributed by atoms with Gasteiger partial charge in [-0.05, 0) is 143 Å². The van der Waals surface area contributed by atoms with E-state index < -0.39 is 5.95 Å². The van der Waals surface area contributed by atoms with Crippen LogP contribution in [0.3, 0.4) is 0 Å². The lowest BCUT2D eigenvalue weighted by molar-refractivity contribution is -0.397. The van der Waals surface area contributed by atoms with E-state index >= 15 is 0 Å². The lowest BCUT2D eigenvalue weighted by Gasteiger charge is -2.82. The molecule has 2 aromatic rings. The summed E-state index contributed by atoms with van der Waals surface area (Å²) in [5.74, 6) is 0.289. The van der Waals surface area contributed by atoms with Crippen LogP contribution in [0.15, 0.2) is 86.3 Å². The standard InChI is InChI=1S/C45H59N9O3S/c1-27-10-12-34-33(19-27)50-40(58-34)52-37(47)28(2)30-9-8-16-54(38(30)48)35-13-11-31(36(51-35)39(55)56)32(20-46)29(3)49-26-43-21-41(4)23-44(57-18-17-53-14-6-7-15-53)24-42(5,22-43)45(41,44)25-43/h10-13,19-20,48,51,55-56H,6-9,14-18,21-26,46H2,1-5H3,(H2,47,50,52)/b30-28-,32-20+,48-38?,49-29?. The quantitative estimate of drug-likeness (QED) is 0.0751. The molecule has 1 spiro atoms. The third kappa shape index (κ3) is 5.81. The minimum Gasteiger partial charge on any atom is -0.480 e. The summed E-state index contributed by atoms with van der Waals surface area (Å²) in [7, 11) is 0. The Labute approximate surface area is 345 Å². The van der Waals surface area contributed by atoms with Crippen LogP contribution in [0, 0.1) is 34.0 Å². The number of hydrogen-bond donors (Lipinski definition) is 6. The molecule has 4 aliphatic carbocycles. The van der Waals surface area contributed by atoms with Crippen LogP contribution < -0.4 is 16.8 Å². The number of nitrogens with two attached hydrogens (primary N) is 2. The highest BCUT2D eigenvalue weighted by Gasteiger charge is 2.93. The number of thiazole rings is 1. The van der Waals surface area contributed by atoms with Crippen LogP contribution in [0.4, 0.5) is 5.13 Å². The summed E-state index contributed by atoms with van der Waals surface area (Å²) < 4.78 is 7.95. The molecule has 9 rings (SSSR count). The second kappa shape index (κ2) is 13.8. The highest BCUT2D eigenvalue weighted by molar-refractivity contribution is 7.22. The maximum absolute atomic E-state index is 10.6. The Balaban J connectivity index is 0.913. The Morgan fingerprint density at radius 1 is 1.05 bits per heavy atom. The van der Waals surface area contributed by atoms with E-state index in [1.165, 1.54) is 56.3 Å². The summed E-state index contributed by atoms with van der Waals surface area (Å²) in [5, 5.41) is 34.3. The summed E-state index contributed by atoms with van der Waals surface area (Å²) in [6.45, 7) is 16.5. The fourth-order valence-corrected chi connectivity index (χ4v) is 14.2. The Kier molecular flexibility index (Phi) is 9.29. The number of fused-ring (bicyclic) bond motifs is 2. The van der Waals surface area contributed by atoms with Gasteiger partial charge >= 0.3 is 0 Å². The lowest BCUT2D eigenvalue weighted by atomic mass is 9.25. The van der Waals surface area contributed by atoms with E-state index in [2.05, 4.69) is 40.1 Å². The number of aryl methyl sites for hydroxylation is 1. The smallest absolute Gasteiger partial charge is 0.299 e. The van der Waals surface area contributed by atoms with Crippen molar-refractivity contribution >= 4 is 44.1 Å². The van der Waals surface area contributed by atoms with Gasteiger partial charge < -0.3 is 41.5 Å². The maximum atomic E-state index is 10.6. The zero-order chi connectivity index (χ0) is 40.8. The molecule has 2 bridgehead atoms. The number of amidine groups is 2. The number of dihydropyridines is 1. The third-order valence-corrected chi connectivity index (χ3v) is 16.2. The van der Waals surface area contributed by atoms with E-state index in [4.69, 9.17) is 21.2 Å². The molecule has 2 atom stereocenters. The van der Waals surface area contributed by atoms with Gasteiger partial charge in [-0.1, -0.05) is 31.3 Å². The molecule has 1 aromatic heterocycles. The summed E-state index contributed by atoms with van der Waals surface area (Å²) in [5.41, 5.74) is 19.3. The molecular weight excluding hydrogens is 747 g/mol. The SMILES string of the molecule is CC(=NCC12CC3(C)CC4(OCCN5CCCC5)CC(C)(C1)C34C2)/C(=C\N)C1=CC=C(N2CCC/C(=C(C)/C(N)=N\c3nc4cc(C)ccc4s3)C2=N)NC1=C(O)O. The van der Waals surface area contributed by atoms with E-state index in [1.807, 2.05) is 50.0 Å². The molecule has 0 radical (unpaired) electrons. The van der Waals surface area contributed by atoms with Crippen LogP contribution in [-0.2, 0) is 4.74 Å². The average molecular weight is 806 g/mol. The fourth-order valence-electron chi connectivity index (χ4n) is 13.4. The number of likely N-dealkylation sites (tertiary alicyclic amines) is 2. The van der Waals surface area contributed by atoms with Crippen molar-refractivity contribution in [2.75, 3.05) is 39.3 Å². The Morgan fingerprint density at radius 2 is 1.79 bits per heavy atom. The van der Waals surface area contributed by atoms with E-state index in [-0.39, 0.29) is 38.8 Å². The molecule has 7 aliphatic rings. The number of hydrogen-bond acceptors (Lipinski definition) is 11. The minimum atomic E-state index is -0.860. The molecule has 2 saturated heterocycles. The molecule has 0 amide bonds. The number of aromatic nitrogens is 1. The zero-order valence-corrected chi connectivity index (χ0v) is 35.5. The third-order valence-electron chi connectivity index (χ3n) is 15.2. The Morgan fingerprint density at radius 3 is 2.50 bits per heavy atom. The number of aliphatic hydroxyl groups excluding tert-OH is 1. The first kappa shape index (κ1) is 39.0. The molecule has 4 saturated carbocycles. The van der Waals surface area contributed by atoms with Gasteiger partial charge in [-0.15, -0.1) is 0 Å². The number of benzene rings is 1. The highest BCUT2D eigenvalue weighted by atomic mass is 32.1. The molecular formula is C45H59N9O3S. The summed E-state index contributed by atoms with van der Waals surface area (Å²) in [4.78, 5) is 18.9. The van der Waals surface area contributed by atoms with Crippen molar-refractivity contribution < 1.29 is 14.9 Å². The van der Waals surface area contributed by atoms with Gasteiger partial charge in [-0.2, -0.15) is 0 Å². The first-order chi connectivity index (χ1) is 27.6. The van der Waals surface area contributed by atoms with Crippen molar-refractivity contribution in [2.24, 2.45) is 43.1 Å². The number of nitrogens with one attached hydrogen (secondary N) is 2. The van der Waals surface area contributed by atoms with E-state index in [0.717, 1.165) is 71.5 Å². The van der Waals surface area contributed by atoms with E-state index in [0.29, 0.717) is 47.4 Å². The molecule has 308 valence electrons. The first-order valence-corrected chi connectivity index (χ1v) is 21.9. The van der Waals surface area contributed by atoms with Gasteiger partial charge in [0.05, 0.1) is 22.4 Å². The number of aliphatic hydroxyl groups is 2.